The van der Waals surface area contributed by atoms with Crippen LogP contribution in [0, 0.1) is 0 Å². The lowest BCUT2D eigenvalue weighted by Crippen LogP contribution is -2.32. The average molecular weight is 150 g/mol. The molecule has 0 aromatic carbocycles. The van der Waals surface area contributed by atoms with Crippen LogP contribution in [0.3, 0.4) is 0 Å². The number of halogens is 1. The standard InChI is InChI=1S/C7H16ClN/c1-6(2)9-7(3)4-5-8/h6-7,9H,4-5H2,1-3H3. The fourth-order valence-electron chi connectivity index (χ4n) is 0.816. The smallest absolute Gasteiger partial charge is 0.0238 e. The molecule has 0 saturated carbocycles. The largest absolute Gasteiger partial charge is 0.312 e. The SMILES string of the molecule is CC(C)NC(C)CCCl. The van der Waals surface area contributed by atoms with Crippen molar-refractivity contribution in [3.63, 3.8) is 0 Å². The minimum absolute atomic E-state index is 0.558. The molecule has 0 saturated heterocycles. The van der Waals surface area contributed by atoms with Gasteiger partial charge in [-0.3, -0.25) is 0 Å². The van der Waals surface area contributed by atoms with Crippen LogP contribution < -0.4 is 5.32 Å². The highest BCUT2D eigenvalue weighted by molar-refractivity contribution is 6.17. The molecule has 0 amide bonds. The number of rotatable bonds is 4. The maximum atomic E-state index is 5.54. The fraction of sp³-hybridized carbons (Fsp3) is 1.00. The molecule has 1 N–H and O–H groups in total. The highest BCUT2D eigenvalue weighted by Gasteiger charge is 2.00. The quantitative estimate of drug-likeness (QED) is 0.603. The van der Waals surface area contributed by atoms with Crippen molar-refractivity contribution >= 4 is 11.6 Å². The Balaban J connectivity index is 3.15. The van der Waals surface area contributed by atoms with Crippen molar-refractivity contribution in [3.8, 4) is 0 Å². The Kier molecular flexibility index (Phi) is 5.21. The number of alkyl halides is 1. The lowest BCUT2D eigenvalue weighted by Gasteiger charge is -2.14. The van der Waals surface area contributed by atoms with Crippen LogP contribution in [0.4, 0.5) is 0 Å². The van der Waals surface area contributed by atoms with Crippen LogP contribution in [0.2, 0.25) is 0 Å². The second-order valence-electron chi connectivity index (χ2n) is 2.70. The molecule has 0 fully saturated rings. The Labute approximate surface area is 62.8 Å². The molecular weight excluding hydrogens is 134 g/mol. The molecule has 9 heavy (non-hydrogen) atoms. The summed E-state index contributed by atoms with van der Waals surface area (Å²) in [6.07, 6.45) is 1.06. The van der Waals surface area contributed by atoms with Crippen LogP contribution in [-0.4, -0.2) is 18.0 Å². The zero-order chi connectivity index (χ0) is 7.28. The van der Waals surface area contributed by atoms with E-state index in [-0.39, 0.29) is 0 Å². The minimum Gasteiger partial charge on any atom is -0.312 e. The van der Waals surface area contributed by atoms with Crippen molar-refractivity contribution in [1.82, 2.24) is 5.32 Å². The van der Waals surface area contributed by atoms with Gasteiger partial charge in [0.05, 0.1) is 0 Å². The highest BCUT2D eigenvalue weighted by atomic mass is 35.5. The molecule has 0 radical (unpaired) electrons. The lowest BCUT2D eigenvalue weighted by atomic mass is 10.2. The molecule has 0 rings (SSSR count). The Bertz CT molecular complexity index is 63.9. The van der Waals surface area contributed by atoms with E-state index in [1.807, 2.05) is 0 Å². The van der Waals surface area contributed by atoms with Gasteiger partial charge in [0.15, 0.2) is 0 Å². The minimum atomic E-state index is 0.558. The molecule has 0 aliphatic heterocycles. The van der Waals surface area contributed by atoms with Crippen molar-refractivity contribution in [2.45, 2.75) is 39.3 Å². The van der Waals surface area contributed by atoms with Crippen molar-refractivity contribution in [2.24, 2.45) is 0 Å². The third-order valence-corrected chi connectivity index (χ3v) is 1.38. The van der Waals surface area contributed by atoms with Crippen LogP contribution in [0.1, 0.15) is 27.2 Å². The molecule has 0 aliphatic carbocycles. The van der Waals surface area contributed by atoms with Crippen LogP contribution in [-0.2, 0) is 0 Å². The van der Waals surface area contributed by atoms with Gasteiger partial charge in [0, 0.05) is 18.0 Å². The second-order valence-corrected chi connectivity index (χ2v) is 3.08. The summed E-state index contributed by atoms with van der Waals surface area (Å²) in [5.74, 6) is 0.751. The number of hydrogen-bond acceptors (Lipinski definition) is 1. The topological polar surface area (TPSA) is 12.0 Å². The van der Waals surface area contributed by atoms with Crippen molar-refractivity contribution in [1.29, 1.82) is 0 Å². The van der Waals surface area contributed by atoms with Gasteiger partial charge in [0.2, 0.25) is 0 Å². The predicted octanol–water partition coefficient (Wildman–Crippen LogP) is 2.00. The van der Waals surface area contributed by atoms with Crippen LogP contribution >= 0.6 is 11.6 Å². The first-order chi connectivity index (χ1) is 4.16. The van der Waals surface area contributed by atoms with E-state index in [0.717, 1.165) is 12.3 Å². The molecular formula is C7H16ClN. The third-order valence-electron chi connectivity index (χ3n) is 1.16. The zero-order valence-corrected chi connectivity index (χ0v) is 7.20. The van der Waals surface area contributed by atoms with Gasteiger partial charge in [-0.2, -0.15) is 0 Å². The molecule has 1 nitrogen and oxygen atoms in total. The van der Waals surface area contributed by atoms with E-state index in [4.69, 9.17) is 11.6 Å². The van der Waals surface area contributed by atoms with Crippen molar-refractivity contribution in [3.05, 3.63) is 0 Å². The molecule has 0 aromatic heterocycles. The number of nitrogens with one attached hydrogen (secondary N) is 1. The molecule has 0 aromatic rings. The van der Waals surface area contributed by atoms with Gasteiger partial charge < -0.3 is 5.32 Å². The summed E-state index contributed by atoms with van der Waals surface area (Å²) in [5, 5.41) is 3.36. The van der Waals surface area contributed by atoms with Gasteiger partial charge >= 0.3 is 0 Å². The molecule has 0 heterocycles. The normalized spacial score (nSPS) is 14.3. The molecule has 0 spiro atoms. The van der Waals surface area contributed by atoms with Crippen LogP contribution in [0.15, 0.2) is 0 Å². The predicted molar refractivity (Wildman–Crippen MR) is 43.1 cm³/mol. The third kappa shape index (κ3) is 6.13. The molecule has 0 bridgehead atoms. The highest BCUT2D eigenvalue weighted by Crippen LogP contribution is 1.93. The van der Waals surface area contributed by atoms with Gasteiger partial charge in [-0.15, -0.1) is 11.6 Å². The number of hydrogen-bond donors (Lipinski definition) is 1. The second kappa shape index (κ2) is 5.07. The average Bonchev–Trinajstić information content (AvgIpc) is 1.63. The van der Waals surface area contributed by atoms with Gasteiger partial charge in [0.1, 0.15) is 0 Å². The summed E-state index contributed by atoms with van der Waals surface area (Å²) in [6, 6.07) is 1.13. The van der Waals surface area contributed by atoms with E-state index in [1.165, 1.54) is 0 Å². The Morgan fingerprint density at radius 3 is 2.22 bits per heavy atom. The first-order valence-corrected chi connectivity index (χ1v) is 4.02. The lowest BCUT2D eigenvalue weighted by molar-refractivity contribution is 0.481. The van der Waals surface area contributed by atoms with Crippen molar-refractivity contribution < 1.29 is 0 Å². The molecule has 56 valence electrons. The van der Waals surface area contributed by atoms with E-state index < -0.39 is 0 Å². The van der Waals surface area contributed by atoms with E-state index >= 15 is 0 Å². The molecule has 2 heteroatoms. The summed E-state index contributed by atoms with van der Waals surface area (Å²) in [4.78, 5) is 0. The monoisotopic (exact) mass is 149 g/mol. The van der Waals surface area contributed by atoms with Crippen molar-refractivity contribution in [2.75, 3.05) is 5.88 Å². The van der Waals surface area contributed by atoms with E-state index in [2.05, 4.69) is 26.1 Å². The molecule has 1 atom stereocenters. The summed E-state index contributed by atoms with van der Waals surface area (Å²) < 4.78 is 0. The summed E-state index contributed by atoms with van der Waals surface area (Å²) in [7, 11) is 0. The van der Waals surface area contributed by atoms with Crippen LogP contribution in [0.5, 0.6) is 0 Å². The summed E-state index contributed by atoms with van der Waals surface area (Å²) >= 11 is 5.54. The first kappa shape index (κ1) is 9.25. The van der Waals surface area contributed by atoms with E-state index in [1.54, 1.807) is 0 Å². The Morgan fingerprint density at radius 1 is 1.33 bits per heavy atom. The summed E-state index contributed by atoms with van der Waals surface area (Å²) in [6.45, 7) is 6.44. The van der Waals surface area contributed by atoms with Crippen LogP contribution in [0.25, 0.3) is 0 Å². The first-order valence-electron chi connectivity index (χ1n) is 3.48. The summed E-state index contributed by atoms with van der Waals surface area (Å²) in [5.41, 5.74) is 0. The molecule has 1 unspecified atom stereocenters. The zero-order valence-electron chi connectivity index (χ0n) is 6.45. The van der Waals surface area contributed by atoms with Gasteiger partial charge in [-0.05, 0) is 13.3 Å². The van der Waals surface area contributed by atoms with E-state index in [9.17, 15) is 0 Å². The fourth-order valence-corrected chi connectivity index (χ4v) is 1.14. The molecule has 0 aliphatic rings. The maximum Gasteiger partial charge on any atom is 0.0238 e. The Hall–Kier alpha value is 0.250. The van der Waals surface area contributed by atoms with Gasteiger partial charge in [0.25, 0.3) is 0 Å². The Morgan fingerprint density at radius 2 is 1.89 bits per heavy atom. The van der Waals surface area contributed by atoms with Gasteiger partial charge in [-0.1, -0.05) is 13.8 Å². The van der Waals surface area contributed by atoms with E-state index in [0.29, 0.717) is 12.1 Å². The maximum absolute atomic E-state index is 5.54. The van der Waals surface area contributed by atoms with Gasteiger partial charge in [-0.25, -0.2) is 0 Å².